The normalized spacial score (nSPS) is 33.4. The zero-order chi connectivity index (χ0) is 50.6. The second-order valence-electron chi connectivity index (χ2n) is 17.9. The highest BCUT2D eigenvalue weighted by Gasteiger charge is 2.53. The van der Waals surface area contributed by atoms with Gasteiger partial charge in [0.15, 0.2) is 18.9 Å². The van der Waals surface area contributed by atoms with Crippen LogP contribution in [0.3, 0.4) is 0 Å². The van der Waals surface area contributed by atoms with Crippen molar-refractivity contribution in [3.05, 3.63) is 60.8 Å². The van der Waals surface area contributed by atoms with E-state index in [-0.39, 0.29) is 18.9 Å². The Morgan fingerprint density at radius 1 is 0.536 bits per heavy atom. The van der Waals surface area contributed by atoms with Gasteiger partial charge in [0.05, 0.1) is 38.6 Å². The van der Waals surface area contributed by atoms with Crippen LogP contribution in [0.2, 0.25) is 0 Å². The number of hydrogen-bond acceptors (Lipinski definition) is 18. The fourth-order valence-corrected chi connectivity index (χ4v) is 8.11. The van der Waals surface area contributed by atoms with Gasteiger partial charge in [0.2, 0.25) is 5.91 Å². The van der Waals surface area contributed by atoms with Gasteiger partial charge in [0.25, 0.3) is 0 Å². The molecule has 3 fully saturated rings. The van der Waals surface area contributed by atoms with E-state index in [9.17, 15) is 61.0 Å². The zero-order valence-corrected chi connectivity index (χ0v) is 40.5. The molecule has 19 nitrogen and oxygen atoms in total. The molecule has 0 saturated carbocycles. The topological polar surface area (TPSA) is 307 Å². The minimum atomic E-state index is -1.98. The van der Waals surface area contributed by atoms with E-state index < -0.39 is 124 Å². The summed E-state index contributed by atoms with van der Waals surface area (Å²) < 4.78 is 34.0. The second-order valence-corrected chi connectivity index (χ2v) is 17.9. The number of carbonyl (C=O) groups excluding carboxylic acids is 1. The first kappa shape index (κ1) is 60.8. The average molecular weight is 988 g/mol. The van der Waals surface area contributed by atoms with E-state index in [0.29, 0.717) is 12.8 Å². The van der Waals surface area contributed by atoms with E-state index in [1.807, 2.05) is 0 Å². The third-order valence-corrected chi connectivity index (χ3v) is 12.3. The molecule has 0 aromatic carbocycles. The highest BCUT2D eigenvalue weighted by atomic mass is 16.8. The fourth-order valence-electron chi connectivity index (χ4n) is 8.11. The average Bonchev–Trinajstić information content (AvgIpc) is 3.34. The highest BCUT2D eigenvalue weighted by molar-refractivity contribution is 5.76. The molecule has 0 bridgehead atoms. The predicted octanol–water partition coefficient (Wildman–Crippen LogP) is 1.36. The number of carbonyl (C=O) groups is 1. The molecule has 69 heavy (non-hydrogen) atoms. The summed E-state index contributed by atoms with van der Waals surface area (Å²) in [5, 5.41) is 119. The van der Waals surface area contributed by atoms with Crippen LogP contribution in [0.5, 0.6) is 0 Å². The van der Waals surface area contributed by atoms with E-state index in [2.05, 4.69) is 67.8 Å². The molecule has 398 valence electrons. The lowest BCUT2D eigenvalue weighted by Crippen LogP contribution is -2.66. The summed E-state index contributed by atoms with van der Waals surface area (Å²) in [6.07, 6.45) is 8.42. The predicted molar refractivity (Wildman–Crippen MR) is 254 cm³/mol. The Labute approximate surface area is 407 Å². The minimum absolute atomic E-state index is 0.220. The molecule has 0 aliphatic carbocycles. The van der Waals surface area contributed by atoms with Crippen molar-refractivity contribution in [3.8, 4) is 0 Å². The van der Waals surface area contributed by atoms with Crippen molar-refractivity contribution in [2.45, 2.75) is 221 Å². The summed E-state index contributed by atoms with van der Waals surface area (Å²) in [6, 6.07) is -0.993. The van der Waals surface area contributed by atoms with Crippen LogP contribution >= 0.6 is 0 Å². The van der Waals surface area contributed by atoms with Gasteiger partial charge in [-0.05, 0) is 57.8 Å². The molecular formula is C50H85NO18. The van der Waals surface area contributed by atoms with E-state index >= 15 is 0 Å². The maximum Gasteiger partial charge on any atom is 0.220 e. The number of aliphatic hydroxyl groups is 11. The molecule has 3 rings (SSSR count). The largest absolute Gasteiger partial charge is 0.394 e. The van der Waals surface area contributed by atoms with E-state index in [0.717, 1.165) is 83.5 Å². The van der Waals surface area contributed by atoms with Crippen LogP contribution in [0, 0.1) is 0 Å². The number of allylic oxidation sites excluding steroid dienone is 9. The molecule has 3 heterocycles. The van der Waals surface area contributed by atoms with Gasteiger partial charge in [-0.2, -0.15) is 0 Å². The molecule has 0 aromatic heterocycles. The van der Waals surface area contributed by atoms with Crippen molar-refractivity contribution in [2.24, 2.45) is 0 Å². The Hall–Kier alpha value is -2.51. The number of unbranched alkanes of at least 4 members (excludes halogenated alkanes) is 9. The van der Waals surface area contributed by atoms with Gasteiger partial charge in [-0.15, -0.1) is 0 Å². The smallest absolute Gasteiger partial charge is 0.220 e. The van der Waals surface area contributed by atoms with Crippen LogP contribution in [-0.2, 0) is 33.2 Å². The summed E-state index contributed by atoms with van der Waals surface area (Å²) in [6.45, 7) is 1.41. The number of amides is 1. The van der Waals surface area contributed by atoms with Gasteiger partial charge >= 0.3 is 0 Å². The molecule has 3 saturated heterocycles. The van der Waals surface area contributed by atoms with Crippen LogP contribution in [0.15, 0.2) is 60.8 Å². The lowest BCUT2D eigenvalue weighted by molar-refractivity contribution is -0.379. The van der Waals surface area contributed by atoms with Gasteiger partial charge in [-0.3, -0.25) is 4.79 Å². The van der Waals surface area contributed by atoms with Gasteiger partial charge in [-0.25, -0.2) is 0 Å². The summed E-state index contributed by atoms with van der Waals surface area (Å²) in [7, 11) is 0. The van der Waals surface area contributed by atoms with Crippen molar-refractivity contribution in [1.29, 1.82) is 0 Å². The Morgan fingerprint density at radius 3 is 1.61 bits per heavy atom. The molecule has 1 amide bonds. The SMILES string of the molecule is CC/C=C\C/C=C\C/C=C\CCCCCCCCCC(=O)NC(COC1OC(CO)C(OC2OC(CO)C(OC3OC(CO)C(O)C(O)C3O)C(O)C2O)C(O)C1O)C(O)/C=C/CC/C=C/CCC. The summed E-state index contributed by atoms with van der Waals surface area (Å²) in [5.41, 5.74) is 0. The van der Waals surface area contributed by atoms with Gasteiger partial charge < -0.3 is 89.9 Å². The van der Waals surface area contributed by atoms with Crippen molar-refractivity contribution in [2.75, 3.05) is 26.4 Å². The molecule has 0 spiro atoms. The first-order chi connectivity index (χ1) is 33.3. The highest BCUT2D eigenvalue weighted by Crippen LogP contribution is 2.33. The summed E-state index contributed by atoms with van der Waals surface area (Å²) >= 11 is 0. The van der Waals surface area contributed by atoms with Crippen LogP contribution in [0.1, 0.15) is 117 Å². The first-order valence-corrected chi connectivity index (χ1v) is 25.0. The van der Waals surface area contributed by atoms with Crippen LogP contribution in [-0.4, -0.2) is 193 Å². The first-order valence-electron chi connectivity index (χ1n) is 25.0. The summed E-state index contributed by atoms with van der Waals surface area (Å²) in [4.78, 5) is 13.2. The van der Waals surface area contributed by atoms with Crippen molar-refractivity contribution in [3.63, 3.8) is 0 Å². The van der Waals surface area contributed by atoms with Crippen molar-refractivity contribution >= 4 is 5.91 Å². The number of rotatable bonds is 33. The minimum Gasteiger partial charge on any atom is -0.394 e. The van der Waals surface area contributed by atoms with Crippen molar-refractivity contribution < 1.29 is 89.4 Å². The zero-order valence-electron chi connectivity index (χ0n) is 40.5. The standard InChI is InChI=1S/C50H85NO18/c1-3-5-7-9-11-12-13-14-15-16-17-18-19-20-22-24-26-28-38(56)51-33(34(55)27-25-23-21-10-8-6-4-2)32-64-48-44(62)41(59)46(36(30-53)66-48)69-50-45(63)42(60)47(37(31-54)67-50)68-49-43(61)40(58)39(57)35(29-52)65-49/h5,7-8,10-12,14-15,25,27,33-37,39-50,52-55,57-63H,3-4,6,9,13,16-24,26,28-32H2,1-2H3,(H,51,56)/b7-5-,10-8+,12-11-,15-14-,27-25+. The Bertz CT molecular complexity index is 1510. The quantitative estimate of drug-likeness (QED) is 0.0326. The number of nitrogens with one attached hydrogen (secondary N) is 1. The molecule has 3 aliphatic rings. The Morgan fingerprint density at radius 2 is 1.01 bits per heavy atom. The molecule has 17 atom stereocenters. The number of hydrogen-bond donors (Lipinski definition) is 12. The van der Waals surface area contributed by atoms with Gasteiger partial charge in [0, 0.05) is 6.42 Å². The van der Waals surface area contributed by atoms with E-state index in [4.69, 9.17) is 28.4 Å². The van der Waals surface area contributed by atoms with Crippen LogP contribution < -0.4 is 5.32 Å². The fraction of sp³-hybridized carbons (Fsp3) is 0.780. The molecule has 0 aromatic rings. The molecule has 12 N–H and O–H groups in total. The molecule has 19 heteroatoms. The number of ether oxygens (including phenoxy) is 6. The molecule has 3 aliphatic heterocycles. The maximum atomic E-state index is 13.2. The van der Waals surface area contributed by atoms with E-state index in [1.54, 1.807) is 12.2 Å². The monoisotopic (exact) mass is 988 g/mol. The lowest BCUT2D eigenvalue weighted by Gasteiger charge is -2.48. The van der Waals surface area contributed by atoms with Gasteiger partial charge in [-0.1, -0.05) is 113 Å². The maximum absolute atomic E-state index is 13.2. The third-order valence-electron chi connectivity index (χ3n) is 12.3. The molecular weight excluding hydrogens is 903 g/mol. The molecule has 17 unspecified atom stereocenters. The van der Waals surface area contributed by atoms with E-state index in [1.165, 1.54) is 0 Å². The Balaban J connectivity index is 1.53. The third kappa shape index (κ3) is 20.9. The number of aliphatic hydroxyl groups excluding tert-OH is 11. The Kier molecular flexibility index (Phi) is 30.6. The molecule has 0 radical (unpaired) electrons. The second kappa shape index (κ2) is 34.8. The lowest BCUT2D eigenvalue weighted by atomic mass is 9.96. The van der Waals surface area contributed by atoms with Crippen LogP contribution in [0.4, 0.5) is 0 Å². The van der Waals surface area contributed by atoms with Crippen molar-refractivity contribution in [1.82, 2.24) is 5.32 Å². The van der Waals surface area contributed by atoms with Crippen LogP contribution in [0.25, 0.3) is 0 Å². The van der Waals surface area contributed by atoms with Gasteiger partial charge in [0.1, 0.15) is 73.2 Å². The summed E-state index contributed by atoms with van der Waals surface area (Å²) in [5.74, 6) is -0.306.